The van der Waals surface area contributed by atoms with Crippen LogP contribution < -0.4 is 4.90 Å². The highest BCUT2D eigenvalue weighted by Gasteiger charge is 2.22. The van der Waals surface area contributed by atoms with Gasteiger partial charge in [-0.05, 0) is 6.07 Å². The van der Waals surface area contributed by atoms with Gasteiger partial charge in [-0.15, -0.1) is 11.3 Å². The first kappa shape index (κ1) is 15.3. The maximum atomic E-state index is 13.7. The number of nitrogens with zero attached hydrogens (tertiary/aromatic N) is 3. The number of piperazine rings is 1. The van der Waals surface area contributed by atoms with E-state index in [0.717, 1.165) is 37.4 Å². The number of halogens is 2. The van der Waals surface area contributed by atoms with Crippen LogP contribution in [0.25, 0.3) is 0 Å². The van der Waals surface area contributed by atoms with Gasteiger partial charge in [-0.1, -0.05) is 6.07 Å². The minimum atomic E-state index is -0.952. The molecule has 4 nitrogen and oxygen atoms in total. The van der Waals surface area contributed by atoms with E-state index in [0.29, 0.717) is 6.54 Å². The number of hydrogen-bond acceptors (Lipinski definition) is 5. The van der Waals surface area contributed by atoms with Crippen molar-refractivity contribution in [2.24, 2.45) is 0 Å². The smallest absolute Gasteiger partial charge is 0.185 e. The van der Waals surface area contributed by atoms with Crippen LogP contribution in [0.15, 0.2) is 29.8 Å². The van der Waals surface area contributed by atoms with E-state index in [1.54, 1.807) is 17.5 Å². The fourth-order valence-corrected chi connectivity index (χ4v) is 3.31. The van der Waals surface area contributed by atoms with E-state index >= 15 is 0 Å². The van der Waals surface area contributed by atoms with E-state index in [4.69, 9.17) is 0 Å². The summed E-state index contributed by atoms with van der Waals surface area (Å²) in [5.74, 6) is -1.33. The van der Waals surface area contributed by atoms with Crippen molar-refractivity contribution in [3.05, 3.63) is 47.0 Å². The fraction of sp³-hybridized carbons (Fsp3) is 0.400. The molecular weight excluding hydrogens is 308 g/mol. The number of aliphatic hydroxyl groups excluding tert-OH is 1. The zero-order valence-electron chi connectivity index (χ0n) is 12.0. The molecule has 22 heavy (non-hydrogen) atoms. The van der Waals surface area contributed by atoms with Crippen LogP contribution in [0.4, 0.5) is 13.9 Å². The zero-order chi connectivity index (χ0) is 15.5. The highest BCUT2D eigenvalue weighted by Crippen LogP contribution is 2.22. The van der Waals surface area contributed by atoms with Gasteiger partial charge in [0.15, 0.2) is 5.13 Å². The second-order valence-corrected chi connectivity index (χ2v) is 6.16. The van der Waals surface area contributed by atoms with Gasteiger partial charge < -0.3 is 10.0 Å². The largest absolute Gasteiger partial charge is 0.387 e. The summed E-state index contributed by atoms with van der Waals surface area (Å²) in [5, 5.41) is 13.1. The lowest BCUT2D eigenvalue weighted by molar-refractivity contribution is 0.106. The van der Waals surface area contributed by atoms with Gasteiger partial charge in [-0.25, -0.2) is 13.8 Å². The van der Waals surface area contributed by atoms with Crippen LogP contribution in [0, 0.1) is 11.6 Å². The van der Waals surface area contributed by atoms with E-state index in [9.17, 15) is 13.9 Å². The van der Waals surface area contributed by atoms with Crippen molar-refractivity contribution < 1.29 is 13.9 Å². The molecule has 2 aromatic rings. The zero-order valence-corrected chi connectivity index (χ0v) is 12.8. The number of rotatable bonds is 4. The van der Waals surface area contributed by atoms with E-state index in [1.165, 1.54) is 12.1 Å². The Balaban J connectivity index is 1.56. The molecule has 0 spiro atoms. The summed E-state index contributed by atoms with van der Waals surface area (Å²) >= 11 is 1.61. The summed E-state index contributed by atoms with van der Waals surface area (Å²) in [5.41, 5.74) is 0.142. The number of β-amino-alcohol motifs (C(OH)–C–C–N with tert-alkyl or cyclic N) is 1. The van der Waals surface area contributed by atoms with E-state index in [1.807, 2.05) is 5.38 Å². The van der Waals surface area contributed by atoms with Gasteiger partial charge in [0.2, 0.25) is 0 Å². The van der Waals surface area contributed by atoms with E-state index < -0.39 is 17.7 Å². The first-order chi connectivity index (χ1) is 10.6. The summed E-state index contributed by atoms with van der Waals surface area (Å²) in [7, 11) is 0. The molecule has 1 saturated heterocycles. The van der Waals surface area contributed by atoms with Gasteiger partial charge in [0.25, 0.3) is 0 Å². The summed E-state index contributed by atoms with van der Waals surface area (Å²) in [6.07, 6.45) is 0.833. The SMILES string of the molecule is OC(CN1CCN(c2nccs2)CC1)c1ccc(F)cc1F. The minimum absolute atomic E-state index is 0.142. The number of thiazole rings is 1. The Morgan fingerprint density at radius 2 is 2.00 bits per heavy atom. The predicted molar refractivity (Wildman–Crippen MR) is 82.1 cm³/mol. The Morgan fingerprint density at radius 1 is 1.23 bits per heavy atom. The lowest BCUT2D eigenvalue weighted by Crippen LogP contribution is -2.47. The maximum absolute atomic E-state index is 13.7. The average molecular weight is 325 g/mol. The average Bonchev–Trinajstić information content (AvgIpc) is 3.02. The van der Waals surface area contributed by atoms with Crippen LogP contribution >= 0.6 is 11.3 Å². The van der Waals surface area contributed by atoms with Gasteiger partial charge >= 0.3 is 0 Å². The van der Waals surface area contributed by atoms with Gasteiger partial charge in [0.1, 0.15) is 11.6 Å². The highest BCUT2D eigenvalue weighted by atomic mass is 32.1. The van der Waals surface area contributed by atoms with Crippen molar-refractivity contribution in [1.82, 2.24) is 9.88 Å². The monoisotopic (exact) mass is 325 g/mol. The van der Waals surface area contributed by atoms with Crippen LogP contribution in [-0.4, -0.2) is 47.7 Å². The minimum Gasteiger partial charge on any atom is -0.387 e. The highest BCUT2D eigenvalue weighted by molar-refractivity contribution is 7.13. The quantitative estimate of drug-likeness (QED) is 0.936. The normalized spacial score (nSPS) is 17.7. The molecule has 0 aliphatic carbocycles. The Bertz CT molecular complexity index is 615. The Morgan fingerprint density at radius 3 is 2.64 bits per heavy atom. The van der Waals surface area contributed by atoms with Crippen molar-refractivity contribution in [1.29, 1.82) is 0 Å². The number of aromatic nitrogens is 1. The summed E-state index contributed by atoms with van der Waals surface area (Å²) in [6, 6.07) is 3.28. The molecule has 1 atom stereocenters. The van der Waals surface area contributed by atoms with Crippen molar-refractivity contribution >= 4 is 16.5 Å². The summed E-state index contributed by atoms with van der Waals surface area (Å²) < 4.78 is 26.6. The molecule has 1 N–H and O–H groups in total. The molecule has 1 unspecified atom stereocenters. The Labute approximate surface area is 131 Å². The predicted octanol–water partition coefficient (Wildman–Crippen LogP) is 2.28. The van der Waals surface area contributed by atoms with Gasteiger partial charge in [0.05, 0.1) is 6.10 Å². The molecule has 3 rings (SSSR count). The fourth-order valence-electron chi connectivity index (χ4n) is 2.61. The molecule has 118 valence electrons. The van der Waals surface area contributed by atoms with Crippen LogP contribution in [-0.2, 0) is 0 Å². The molecular formula is C15H17F2N3OS. The topological polar surface area (TPSA) is 39.6 Å². The van der Waals surface area contributed by atoms with Crippen molar-refractivity contribution in [3.63, 3.8) is 0 Å². The molecule has 1 aliphatic rings. The van der Waals surface area contributed by atoms with E-state index in [-0.39, 0.29) is 5.56 Å². The lowest BCUT2D eigenvalue weighted by atomic mass is 10.1. The third kappa shape index (κ3) is 3.43. The molecule has 0 bridgehead atoms. The number of benzene rings is 1. The molecule has 1 aromatic heterocycles. The maximum Gasteiger partial charge on any atom is 0.185 e. The van der Waals surface area contributed by atoms with Crippen LogP contribution in [0.1, 0.15) is 11.7 Å². The molecule has 0 radical (unpaired) electrons. The third-order valence-electron chi connectivity index (χ3n) is 3.81. The molecule has 0 amide bonds. The van der Waals surface area contributed by atoms with Crippen molar-refractivity contribution in [3.8, 4) is 0 Å². The van der Waals surface area contributed by atoms with Crippen molar-refractivity contribution in [2.75, 3.05) is 37.6 Å². The van der Waals surface area contributed by atoms with Gasteiger partial charge in [0, 0.05) is 55.9 Å². The van der Waals surface area contributed by atoms with Crippen LogP contribution in [0.5, 0.6) is 0 Å². The van der Waals surface area contributed by atoms with Gasteiger partial charge in [-0.2, -0.15) is 0 Å². The second kappa shape index (κ2) is 6.68. The molecule has 2 heterocycles. The molecule has 1 aliphatic heterocycles. The first-order valence-corrected chi connectivity index (χ1v) is 8.01. The number of hydrogen-bond donors (Lipinski definition) is 1. The molecule has 7 heteroatoms. The molecule has 1 aromatic carbocycles. The standard InChI is InChI=1S/C15H17F2N3OS/c16-11-1-2-12(13(17)9-11)14(21)10-19-4-6-20(7-5-19)15-18-3-8-22-15/h1-3,8-9,14,21H,4-7,10H2. The summed E-state index contributed by atoms with van der Waals surface area (Å²) in [4.78, 5) is 8.57. The first-order valence-electron chi connectivity index (χ1n) is 7.13. The second-order valence-electron chi connectivity index (χ2n) is 5.28. The molecule has 0 saturated carbocycles. The van der Waals surface area contributed by atoms with Crippen LogP contribution in [0.3, 0.4) is 0 Å². The lowest BCUT2D eigenvalue weighted by Gasteiger charge is -2.35. The van der Waals surface area contributed by atoms with Crippen LogP contribution in [0.2, 0.25) is 0 Å². The Hall–Kier alpha value is -1.57. The Kier molecular flexibility index (Phi) is 4.66. The summed E-state index contributed by atoms with van der Waals surface area (Å²) in [6.45, 7) is 3.55. The molecule has 1 fully saturated rings. The van der Waals surface area contributed by atoms with E-state index in [2.05, 4.69) is 14.8 Å². The third-order valence-corrected chi connectivity index (χ3v) is 4.65. The number of aliphatic hydroxyl groups is 1. The van der Waals surface area contributed by atoms with Crippen molar-refractivity contribution in [2.45, 2.75) is 6.10 Å². The van der Waals surface area contributed by atoms with Gasteiger partial charge in [-0.3, -0.25) is 4.90 Å². The number of anilines is 1.